The molecule has 1 aliphatic heterocycles. The summed E-state index contributed by atoms with van der Waals surface area (Å²) in [5.41, 5.74) is 8.63. The van der Waals surface area contributed by atoms with Crippen molar-refractivity contribution in [3.63, 3.8) is 0 Å². The van der Waals surface area contributed by atoms with Crippen LogP contribution in [0.1, 0.15) is 46.9 Å². The molecule has 4 rings (SSSR count). The summed E-state index contributed by atoms with van der Waals surface area (Å²) in [7, 11) is 0. The quantitative estimate of drug-likeness (QED) is 0.857. The van der Waals surface area contributed by atoms with Gasteiger partial charge >= 0.3 is 0 Å². The van der Waals surface area contributed by atoms with Gasteiger partial charge in [0.25, 0.3) is 5.91 Å². The molecule has 1 saturated heterocycles. The summed E-state index contributed by atoms with van der Waals surface area (Å²) < 4.78 is 2.03. The Kier molecular flexibility index (Phi) is 4.78. The first kappa shape index (κ1) is 17.2. The van der Waals surface area contributed by atoms with Gasteiger partial charge in [-0.15, -0.1) is 0 Å². The van der Waals surface area contributed by atoms with Gasteiger partial charge in [-0.05, 0) is 42.7 Å². The van der Waals surface area contributed by atoms with Gasteiger partial charge in [0.1, 0.15) is 5.69 Å². The summed E-state index contributed by atoms with van der Waals surface area (Å²) in [5, 5.41) is 10.6. The number of amides is 1. The molecule has 1 saturated carbocycles. The minimum atomic E-state index is -0.524. The Bertz CT molecular complexity index is 784. The molecular formula is C20H26N4O2. The largest absolute Gasteiger partial charge is 0.391 e. The van der Waals surface area contributed by atoms with Crippen LogP contribution in [-0.2, 0) is 13.0 Å². The number of carbonyl (C=O) groups is 1. The van der Waals surface area contributed by atoms with Crippen LogP contribution in [0.2, 0.25) is 0 Å². The van der Waals surface area contributed by atoms with E-state index in [-0.39, 0.29) is 11.8 Å². The molecular weight excluding hydrogens is 328 g/mol. The fourth-order valence-electron chi connectivity index (χ4n) is 3.82. The van der Waals surface area contributed by atoms with Crippen LogP contribution in [-0.4, -0.2) is 44.7 Å². The van der Waals surface area contributed by atoms with Gasteiger partial charge in [-0.25, -0.2) is 4.98 Å². The fourth-order valence-corrected chi connectivity index (χ4v) is 3.82. The first-order valence-corrected chi connectivity index (χ1v) is 9.43. The molecule has 2 fully saturated rings. The minimum absolute atomic E-state index is 0.0794. The third kappa shape index (κ3) is 3.52. The molecule has 138 valence electrons. The SMILES string of the molecule is NCc1ccccc1CC1CCN(C(=O)c2cn(C3CC3)cn2)C[C@H]1O. The number of aliphatic hydroxyl groups excluding tert-OH is 1. The summed E-state index contributed by atoms with van der Waals surface area (Å²) in [6.07, 6.45) is 6.98. The van der Waals surface area contributed by atoms with Crippen LogP contribution in [0, 0.1) is 5.92 Å². The zero-order valence-corrected chi connectivity index (χ0v) is 14.9. The number of hydrogen-bond donors (Lipinski definition) is 2. The molecule has 1 amide bonds. The topological polar surface area (TPSA) is 84.4 Å². The van der Waals surface area contributed by atoms with Crippen LogP contribution in [0.4, 0.5) is 0 Å². The number of likely N-dealkylation sites (tertiary alicyclic amines) is 1. The molecule has 6 nitrogen and oxygen atoms in total. The van der Waals surface area contributed by atoms with Crippen LogP contribution < -0.4 is 5.73 Å². The fraction of sp³-hybridized carbons (Fsp3) is 0.500. The number of β-amino-alcohol motifs (C(OH)–C–C–N with tert-alkyl or cyclic N) is 1. The van der Waals surface area contributed by atoms with Crippen LogP contribution in [0.3, 0.4) is 0 Å². The molecule has 2 heterocycles. The molecule has 0 spiro atoms. The van der Waals surface area contributed by atoms with Crippen molar-refractivity contribution in [3.8, 4) is 0 Å². The number of aliphatic hydroxyl groups is 1. The van der Waals surface area contributed by atoms with Gasteiger partial charge in [-0.1, -0.05) is 24.3 Å². The van der Waals surface area contributed by atoms with Gasteiger partial charge in [0, 0.05) is 31.9 Å². The Morgan fingerprint density at radius 3 is 2.69 bits per heavy atom. The Morgan fingerprint density at radius 1 is 1.23 bits per heavy atom. The van der Waals surface area contributed by atoms with Gasteiger partial charge in [-0.3, -0.25) is 4.79 Å². The molecule has 0 bridgehead atoms. The molecule has 1 unspecified atom stereocenters. The number of piperidine rings is 1. The Labute approximate surface area is 153 Å². The molecule has 2 aliphatic rings. The van der Waals surface area contributed by atoms with E-state index in [1.54, 1.807) is 11.2 Å². The minimum Gasteiger partial charge on any atom is -0.391 e. The third-order valence-corrected chi connectivity index (χ3v) is 5.62. The maximum Gasteiger partial charge on any atom is 0.274 e. The van der Waals surface area contributed by atoms with E-state index >= 15 is 0 Å². The van der Waals surface area contributed by atoms with Crippen molar-refractivity contribution in [2.24, 2.45) is 11.7 Å². The van der Waals surface area contributed by atoms with E-state index in [1.165, 1.54) is 18.4 Å². The molecule has 1 aromatic heterocycles. The summed E-state index contributed by atoms with van der Waals surface area (Å²) in [5.74, 6) is 0.0695. The number of benzene rings is 1. The second-order valence-electron chi connectivity index (χ2n) is 7.48. The van der Waals surface area contributed by atoms with E-state index in [4.69, 9.17) is 5.73 Å². The van der Waals surface area contributed by atoms with Gasteiger partial charge in [0.15, 0.2) is 0 Å². The third-order valence-electron chi connectivity index (χ3n) is 5.62. The number of imidazole rings is 1. The molecule has 6 heteroatoms. The van der Waals surface area contributed by atoms with Crippen LogP contribution in [0.25, 0.3) is 0 Å². The standard InChI is InChI=1S/C20H26N4O2/c21-10-16-4-2-1-3-14(16)9-15-7-8-23(12-19(15)25)20(26)18-11-24(13-22-18)17-5-6-17/h1-4,11,13,15,17,19,25H,5-10,12,21H2/t15?,19-/m1/s1. The van der Waals surface area contributed by atoms with Gasteiger partial charge in [-0.2, -0.15) is 0 Å². The molecule has 1 aromatic carbocycles. The van der Waals surface area contributed by atoms with Crippen LogP contribution in [0.15, 0.2) is 36.8 Å². The predicted octanol–water partition coefficient (Wildman–Crippen LogP) is 1.74. The van der Waals surface area contributed by atoms with E-state index in [0.29, 0.717) is 31.4 Å². The van der Waals surface area contributed by atoms with Gasteiger partial charge in [0.2, 0.25) is 0 Å². The van der Waals surface area contributed by atoms with Crippen molar-refractivity contribution >= 4 is 5.91 Å². The smallest absolute Gasteiger partial charge is 0.274 e. The molecule has 2 aromatic rings. The highest BCUT2D eigenvalue weighted by Crippen LogP contribution is 2.34. The summed E-state index contributed by atoms with van der Waals surface area (Å²) in [4.78, 5) is 18.7. The van der Waals surface area contributed by atoms with Crippen molar-refractivity contribution in [2.45, 2.75) is 44.4 Å². The number of hydrogen-bond acceptors (Lipinski definition) is 4. The Morgan fingerprint density at radius 2 is 2.00 bits per heavy atom. The second kappa shape index (κ2) is 7.21. The molecule has 2 atom stereocenters. The Balaban J connectivity index is 1.38. The van der Waals surface area contributed by atoms with Crippen molar-refractivity contribution in [3.05, 3.63) is 53.6 Å². The molecule has 0 radical (unpaired) electrons. The van der Waals surface area contributed by atoms with Crippen molar-refractivity contribution in [1.29, 1.82) is 0 Å². The van der Waals surface area contributed by atoms with Crippen molar-refractivity contribution in [1.82, 2.24) is 14.5 Å². The zero-order valence-electron chi connectivity index (χ0n) is 14.9. The van der Waals surface area contributed by atoms with E-state index in [0.717, 1.165) is 18.4 Å². The maximum absolute atomic E-state index is 12.7. The molecule has 26 heavy (non-hydrogen) atoms. The summed E-state index contributed by atoms with van der Waals surface area (Å²) in [6, 6.07) is 8.64. The number of nitrogens with two attached hydrogens (primary N) is 1. The molecule has 3 N–H and O–H groups in total. The van der Waals surface area contributed by atoms with Crippen LogP contribution in [0.5, 0.6) is 0 Å². The first-order valence-electron chi connectivity index (χ1n) is 9.43. The Hall–Kier alpha value is -2.18. The van der Waals surface area contributed by atoms with E-state index in [9.17, 15) is 9.90 Å². The predicted molar refractivity (Wildman–Crippen MR) is 98.6 cm³/mol. The number of nitrogens with zero attached hydrogens (tertiary/aromatic N) is 3. The zero-order chi connectivity index (χ0) is 18.1. The highest BCUT2D eigenvalue weighted by molar-refractivity contribution is 5.92. The average molecular weight is 354 g/mol. The lowest BCUT2D eigenvalue weighted by molar-refractivity contribution is 0.0194. The first-order chi connectivity index (χ1) is 12.7. The highest BCUT2D eigenvalue weighted by Gasteiger charge is 2.32. The molecule has 1 aliphatic carbocycles. The lowest BCUT2D eigenvalue weighted by Crippen LogP contribution is -2.47. The van der Waals surface area contributed by atoms with Gasteiger partial charge < -0.3 is 20.3 Å². The number of rotatable bonds is 5. The monoisotopic (exact) mass is 354 g/mol. The normalized spacial score (nSPS) is 23.2. The van der Waals surface area contributed by atoms with E-state index in [1.807, 2.05) is 29.0 Å². The van der Waals surface area contributed by atoms with Crippen LogP contribution >= 0.6 is 0 Å². The number of aromatic nitrogens is 2. The highest BCUT2D eigenvalue weighted by atomic mass is 16.3. The maximum atomic E-state index is 12.7. The van der Waals surface area contributed by atoms with E-state index < -0.39 is 6.10 Å². The van der Waals surface area contributed by atoms with Gasteiger partial charge in [0.05, 0.1) is 12.4 Å². The lowest BCUT2D eigenvalue weighted by Gasteiger charge is -2.36. The van der Waals surface area contributed by atoms with E-state index in [2.05, 4.69) is 11.1 Å². The average Bonchev–Trinajstić information content (AvgIpc) is 3.40. The van der Waals surface area contributed by atoms with Crippen molar-refractivity contribution in [2.75, 3.05) is 13.1 Å². The summed E-state index contributed by atoms with van der Waals surface area (Å²) in [6.45, 7) is 1.53. The second-order valence-corrected chi connectivity index (χ2v) is 7.48. The van der Waals surface area contributed by atoms with Crippen molar-refractivity contribution < 1.29 is 9.90 Å². The lowest BCUT2D eigenvalue weighted by atomic mass is 9.86. The summed E-state index contributed by atoms with van der Waals surface area (Å²) >= 11 is 0. The number of carbonyl (C=O) groups excluding carboxylic acids is 1.